The fourth-order valence-electron chi connectivity index (χ4n) is 3.12. The van der Waals surface area contributed by atoms with Gasteiger partial charge in [0.15, 0.2) is 0 Å². The summed E-state index contributed by atoms with van der Waals surface area (Å²) in [5, 5.41) is 2.92. The van der Waals surface area contributed by atoms with Crippen LogP contribution in [-0.2, 0) is 4.79 Å². The molecule has 0 unspecified atom stereocenters. The third-order valence-electron chi connectivity index (χ3n) is 4.69. The topological polar surface area (TPSA) is 54.0 Å². The van der Waals surface area contributed by atoms with Gasteiger partial charge in [0.05, 0.1) is 13.1 Å². The fourth-order valence-corrected chi connectivity index (χ4v) is 3.12. The summed E-state index contributed by atoms with van der Waals surface area (Å²) in [4.78, 5) is 16.7. The number of para-hydroxylation sites is 2. The predicted molar refractivity (Wildman–Crippen MR) is 110 cm³/mol. The summed E-state index contributed by atoms with van der Waals surface area (Å²) in [6.07, 6.45) is 0. The van der Waals surface area contributed by atoms with Crippen LogP contribution in [0.25, 0.3) is 0 Å². The molecule has 0 bridgehead atoms. The lowest BCUT2D eigenvalue weighted by Gasteiger charge is -2.34. The lowest BCUT2D eigenvalue weighted by molar-refractivity contribution is -0.122. The Morgan fingerprint density at radius 2 is 1.32 bits per heavy atom. The first-order valence-corrected chi connectivity index (χ1v) is 9.87. The lowest BCUT2D eigenvalue weighted by Crippen LogP contribution is -2.50. The summed E-state index contributed by atoms with van der Waals surface area (Å²) in [6.45, 7) is 6.76. The molecule has 0 atom stereocenters. The molecule has 6 heteroatoms. The van der Waals surface area contributed by atoms with Crippen molar-refractivity contribution in [2.45, 2.75) is 0 Å². The number of piperazine rings is 1. The van der Waals surface area contributed by atoms with Crippen LogP contribution in [0.3, 0.4) is 0 Å². The van der Waals surface area contributed by atoms with E-state index in [0.717, 1.165) is 44.2 Å². The molecule has 28 heavy (non-hydrogen) atoms. The summed E-state index contributed by atoms with van der Waals surface area (Å²) in [7, 11) is 0. The molecule has 2 aromatic carbocycles. The van der Waals surface area contributed by atoms with Crippen LogP contribution >= 0.6 is 0 Å². The molecular formula is C22H29N3O3. The van der Waals surface area contributed by atoms with Crippen molar-refractivity contribution >= 4 is 5.91 Å². The fraction of sp³-hybridized carbons (Fsp3) is 0.409. The monoisotopic (exact) mass is 383 g/mol. The van der Waals surface area contributed by atoms with Crippen molar-refractivity contribution in [2.24, 2.45) is 0 Å². The molecule has 1 aliphatic rings. The summed E-state index contributed by atoms with van der Waals surface area (Å²) < 4.78 is 11.3. The van der Waals surface area contributed by atoms with E-state index in [4.69, 9.17) is 9.47 Å². The van der Waals surface area contributed by atoms with Gasteiger partial charge in [0.1, 0.15) is 24.7 Å². The van der Waals surface area contributed by atoms with Gasteiger partial charge in [-0.2, -0.15) is 0 Å². The molecule has 0 radical (unpaired) electrons. The Morgan fingerprint density at radius 1 is 0.786 bits per heavy atom. The molecule has 6 nitrogen and oxygen atoms in total. The first kappa shape index (κ1) is 20.2. The number of ether oxygens (including phenoxy) is 2. The first-order chi connectivity index (χ1) is 13.8. The van der Waals surface area contributed by atoms with E-state index in [9.17, 15) is 4.79 Å². The van der Waals surface area contributed by atoms with E-state index in [1.165, 1.54) is 0 Å². The number of hydrogen-bond acceptors (Lipinski definition) is 5. The molecule has 2 aromatic rings. The van der Waals surface area contributed by atoms with E-state index in [0.29, 0.717) is 26.3 Å². The molecule has 0 saturated carbocycles. The largest absolute Gasteiger partial charge is 0.492 e. The number of rotatable bonds is 10. The van der Waals surface area contributed by atoms with Crippen molar-refractivity contribution in [1.82, 2.24) is 15.1 Å². The van der Waals surface area contributed by atoms with Crippen molar-refractivity contribution < 1.29 is 14.3 Å². The van der Waals surface area contributed by atoms with E-state index < -0.39 is 0 Å². The number of benzene rings is 2. The zero-order chi connectivity index (χ0) is 19.4. The predicted octanol–water partition coefficient (Wildman–Crippen LogP) is 1.88. The van der Waals surface area contributed by atoms with Gasteiger partial charge in [0, 0.05) is 32.7 Å². The number of nitrogens with zero attached hydrogens (tertiary/aromatic N) is 2. The quantitative estimate of drug-likeness (QED) is 0.635. The van der Waals surface area contributed by atoms with Gasteiger partial charge in [-0.15, -0.1) is 0 Å². The smallest absolute Gasteiger partial charge is 0.234 e. The zero-order valence-corrected chi connectivity index (χ0v) is 16.3. The second-order valence-corrected chi connectivity index (χ2v) is 6.79. The number of carbonyl (C=O) groups is 1. The van der Waals surface area contributed by atoms with E-state index in [2.05, 4.69) is 15.1 Å². The summed E-state index contributed by atoms with van der Waals surface area (Å²) in [5.41, 5.74) is 0. The minimum absolute atomic E-state index is 0.0533. The minimum Gasteiger partial charge on any atom is -0.492 e. The highest BCUT2D eigenvalue weighted by molar-refractivity contribution is 5.78. The third-order valence-corrected chi connectivity index (χ3v) is 4.69. The van der Waals surface area contributed by atoms with Gasteiger partial charge in [-0.1, -0.05) is 36.4 Å². The van der Waals surface area contributed by atoms with E-state index in [-0.39, 0.29) is 5.91 Å². The van der Waals surface area contributed by atoms with Crippen molar-refractivity contribution in [3.8, 4) is 11.5 Å². The molecule has 150 valence electrons. The lowest BCUT2D eigenvalue weighted by atomic mass is 10.3. The Hall–Kier alpha value is -2.57. The highest BCUT2D eigenvalue weighted by atomic mass is 16.5. The maximum atomic E-state index is 12.1. The molecule has 0 aromatic heterocycles. The van der Waals surface area contributed by atoms with Gasteiger partial charge in [-0.25, -0.2) is 0 Å². The third kappa shape index (κ3) is 7.21. The van der Waals surface area contributed by atoms with Crippen LogP contribution in [0.4, 0.5) is 0 Å². The van der Waals surface area contributed by atoms with Gasteiger partial charge in [-0.05, 0) is 24.3 Å². The van der Waals surface area contributed by atoms with Crippen LogP contribution in [-0.4, -0.2) is 74.7 Å². The Labute approximate surface area is 167 Å². The van der Waals surface area contributed by atoms with Gasteiger partial charge in [-0.3, -0.25) is 14.6 Å². The Kier molecular flexibility index (Phi) is 8.15. The van der Waals surface area contributed by atoms with E-state index >= 15 is 0 Å². The molecule has 0 spiro atoms. The van der Waals surface area contributed by atoms with Crippen LogP contribution in [0.5, 0.6) is 11.5 Å². The highest BCUT2D eigenvalue weighted by Crippen LogP contribution is 2.09. The number of nitrogens with one attached hydrogen (secondary N) is 1. The maximum Gasteiger partial charge on any atom is 0.234 e. The summed E-state index contributed by atoms with van der Waals surface area (Å²) in [5.74, 6) is 1.79. The van der Waals surface area contributed by atoms with Crippen molar-refractivity contribution in [3.05, 3.63) is 60.7 Å². The summed E-state index contributed by atoms with van der Waals surface area (Å²) >= 11 is 0. The molecule has 3 rings (SSSR count). The van der Waals surface area contributed by atoms with Crippen molar-refractivity contribution in [2.75, 3.05) is 59.0 Å². The van der Waals surface area contributed by atoms with Crippen molar-refractivity contribution in [3.63, 3.8) is 0 Å². The van der Waals surface area contributed by atoms with Crippen LogP contribution < -0.4 is 14.8 Å². The normalized spacial score (nSPS) is 15.1. The Morgan fingerprint density at radius 3 is 1.93 bits per heavy atom. The van der Waals surface area contributed by atoms with Crippen LogP contribution in [0.2, 0.25) is 0 Å². The maximum absolute atomic E-state index is 12.1. The highest BCUT2D eigenvalue weighted by Gasteiger charge is 2.18. The number of hydrogen-bond donors (Lipinski definition) is 1. The SMILES string of the molecule is O=C(CN1CCN(CCOc2ccccc2)CC1)NCCOc1ccccc1. The summed E-state index contributed by atoms with van der Waals surface area (Å²) in [6, 6.07) is 19.5. The molecule has 1 N–H and O–H groups in total. The molecular weight excluding hydrogens is 354 g/mol. The molecule has 1 amide bonds. The van der Waals surface area contributed by atoms with Gasteiger partial charge in [0.2, 0.25) is 5.91 Å². The van der Waals surface area contributed by atoms with Crippen molar-refractivity contribution in [1.29, 1.82) is 0 Å². The van der Waals surface area contributed by atoms with Crippen LogP contribution in [0.15, 0.2) is 60.7 Å². The van der Waals surface area contributed by atoms with Crippen LogP contribution in [0, 0.1) is 0 Å². The Bertz CT molecular complexity index is 689. The molecule has 1 saturated heterocycles. The number of amides is 1. The molecule has 1 heterocycles. The minimum atomic E-state index is 0.0533. The average Bonchev–Trinajstić information content (AvgIpc) is 2.74. The molecule has 1 aliphatic heterocycles. The number of carbonyl (C=O) groups excluding carboxylic acids is 1. The van der Waals surface area contributed by atoms with E-state index in [1.807, 2.05) is 60.7 Å². The Balaban J connectivity index is 1.23. The second-order valence-electron chi connectivity index (χ2n) is 6.79. The second kappa shape index (κ2) is 11.3. The standard InChI is InChI=1S/C22H29N3O3/c26-22(23-11-17-27-20-7-3-1-4-8-20)19-25-14-12-24(13-15-25)16-18-28-21-9-5-2-6-10-21/h1-10H,11-19H2,(H,23,26). The molecule has 0 aliphatic carbocycles. The first-order valence-electron chi connectivity index (χ1n) is 9.87. The average molecular weight is 383 g/mol. The zero-order valence-electron chi connectivity index (χ0n) is 16.3. The molecule has 1 fully saturated rings. The van der Waals surface area contributed by atoms with Gasteiger partial charge >= 0.3 is 0 Å². The van der Waals surface area contributed by atoms with E-state index in [1.54, 1.807) is 0 Å². The van der Waals surface area contributed by atoms with Gasteiger partial charge < -0.3 is 14.8 Å². The van der Waals surface area contributed by atoms with Gasteiger partial charge in [0.25, 0.3) is 0 Å². The van der Waals surface area contributed by atoms with Crippen LogP contribution in [0.1, 0.15) is 0 Å².